The lowest BCUT2D eigenvalue weighted by atomic mass is 9.87. The number of amides is 1. The third kappa shape index (κ3) is 4.67. The first kappa shape index (κ1) is 25.2. The minimum absolute atomic E-state index is 0.00342. The van der Waals surface area contributed by atoms with Crippen LogP contribution in [0.1, 0.15) is 32.8 Å². The molecule has 1 atom stereocenters. The summed E-state index contributed by atoms with van der Waals surface area (Å²) in [5.74, 6) is -1.51. The molecule has 0 radical (unpaired) electrons. The van der Waals surface area contributed by atoms with Crippen LogP contribution in [0.2, 0.25) is 10.0 Å². The van der Waals surface area contributed by atoms with E-state index in [2.05, 4.69) is 10.3 Å². The Morgan fingerprint density at radius 1 is 1.20 bits per heavy atom. The van der Waals surface area contributed by atoms with Crippen molar-refractivity contribution >= 4 is 45.9 Å². The van der Waals surface area contributed by atoms with E-state index in [1.807, 2.05) is 0 Å². The quantitative estimate of drug-likeness (QED) is 0.460. The molecule has 7 nitrogen and oxygen atoms in total. The fourth-order valence-electron chi connectivity index (χ4n) is 4.24. The molecule has 0 bridgehead atoms. The summed E-state index contributed by atoms with van der Waals surface area (Å²) in [7, 11) is 1.46. The first-order chi connectivity index (χ1) is 16.3. The molecule has 0 spiro atoms. The average Bonchev–Trinajstić information content (AvgIpc) is 3.19. The van der Waals surface area contributed by atoms with Crippen LogP contribution in [0.5, 0.6) is 0 Å². The van der Waals surface area contributed by atoms with Gasteiger partial charge in [-0.2, -0.15) is 0 Å². The topological polar surface area (TPSA) is 76.5 Å². The molecule has 0 aliphatic carbocycles. The summed E-state index contributed by atoms with van der Waals surface area (Å²) in [6, 6.07) is 5.40. The number of anilines is 1. The minimum atomic E-state index is -1.36. The molecule has 0 saturated carbocycles. The van der Waals surface area contributed by atoms with Gasteiger partial charge in [0.1, 0.15) is 16.8 Å². The molecule has 1 fully saturated rings. The van der Waals surface area contributed by atoms with Crippen molar-refractivity contribution in [3.63, 3.8) is 0 Å². The van der Waals surface area contributed by atoms with Gasteiger partial charge < -0.3 is 19.5 Å². The van der Waals surface area contributed by atoms with Crippen molar-refractivity contribution in [2.24, 2.45) is 7.05 Å². The standard InChI is InChI=1S/C24H24Cl2F2N4O3/c1-23(2,3)35-22(34)32-10-9-24(11-32,18-14(27)6-5-13(25)19(18)26)30-16-8-7-15-17(20(16)28)21(33)31(4)12-29-15/h5-8,12,30H,9-11H2,1-4H3/t24-/m1/s1. The van der Waals surface area contributed by atoms with Gasteiger partial charge in [0, 0.05) is 19.2 Å². The maximum Gasteiger partial charge on any atom is 0.410 e. The van der Waals surface area contributed by atoms with Crippen LogP contribution in [-0.4, -0.2) is 39.2 Å². The molecule has 1 saturated heterocycles. The van der Waals surface area contributed by atoms with E-state index >= 15 is 8.78 Å². The number of fused-ring (bicyclic) bond motifs is 1. The predicted octanol–water partition coefficient (Wildman–Crippen LogP) is 5.47. The highest BCUT2D eigenvalue weighted by molar-refractivity contribution is 6.42. The van der Waals surface area contributed by atoms with Gasteiger partial charge in [0.25, 0.3) is 5.56 Å². The van der Waals surface area contributed by atoms with Crippen molar-refractivity contribution < 1.29 is 18.3 Å². The highest BCUT2D eigenvalue weighted by atomic mass is 35.5. The molecule has 2 aromatic carbocycles. The van der Waals surface area contributed by atoms with Gasteiger partial charge in [-0.3, -0.25) is 4.79 Å². The second kappa shape index (κ2) is 8.95. The Morgan fingerprint density at radius 3 is 2.60 bits per heavy atom. The van der Waals surface area contributed by atoms with Gasteiger partial charge >= 0.3 is 6.09 Å². The molecule has 186 valence electrons. The van der Waals surface area contributed by atoms with E-state index in [1.54, 1.807) is 20.8 Å². The van der Waals surface area contributed by atoms with Crippen LogP contribution < -0.4 is 10.9 Å². The summed E-state index contributed by atoms with van der Waals surface area (Å²) < 4.78 is 37.5. The van der Waals surface area contributed by atoms with Crippen LogP contribution in [0, 0.1) is 11.6 Å². The molecule has 1 N–H and O–H groups in total. The van der Waals surface area contributed by atoms with Crippen LogP contribution in [0.25, 0.3) is 10.9 Å². The number of halogens is 4. The van der Waals surface area contributed by atoms with Gasteiger partial charge in [-0.05, 0) is 51.5 Å². The Kier molecular flexibility index (Phi) is 6.44. The molecule has 2 heterocycles. The van der Waals surface area contributed by atoms with Crippen LogP contribution in [0.3, 0.4) is 0 Å². The van der Waals surface area contributed by atoms with Gasteiger partial charge in [-0.25, -0.2) is 18.6 Å². The zero-order valence-electron chi connectivity index (χ0n) is 19.6. The highest BCUT2D eigenvalue weighted by Crippen LogP contribution is 2.43. The molecule has 1 aliphatic heterocycles. The van der Waals surface area contributed by atoms with Crippen molar-refractivity contribution in [1.82, 2.24) is 14.5 Å². The summed E-state index contributed by atoms with van der Waals surface area (Å²) in [5.41, 5.74) is -2.56. The SMILES string of the molecule is Cn1cnc2ccc(N[C@]3(c4c(F)ccc(Cl)c4Cl)CCN(C(=O)OC(C)(C)C)C3)c(F)c2c1=O. The Bertz CT molecular complexity index is 1390. The summed E-state index contributed by atoms with van der Waals surface area (Å²) in [6.45, 7) is 5.31. The number of aromatic nitrogens is 2. The normalized spacial score (nSPS) is 18.2. The molecule has 4 rings (SSSR count). The summed E-state index contributed by atoms with van der Waals surface area (Å²) >= 11 is 12.6. The number of carbonyl (C=O) groups excluding carboxylic acids is 1. The molecular formula is C24H24Cl2F2N4O3. The number of likely N-dealkylation sites (tertiary alicyclic amines) is 1. The van der Waals surface area contributed by atoms with Crippen molar-refractivity contribution in [3.8, 4) is 0 Å². The number of benzene rings is 2. The van der Waals surface area contributed by atoms with Crippen LogP contribution >= 0.6 is 23.2 Å². The maximum absolute atomic E-state index is 15.6. The molecule has 1 amide bonds. The van der Waals surface area contributed by atoms with E-state index < -0.39 is 34.4 Å². The Labute approximate surface area is 210 Å². The lowest BCUT2D eigenvalue weighted by molar-refractivity contribution is 0.0286. The largest absolute Gasteiger partial charge is 0.444 e. The summed E-state index contributed by atoms with van der Waals surface area (Å²) in [6.07, 6.45) is 0.873. The second-order valence-corrected chi connectivity index (χ2v) is 10.3. The van der Waals surface area contributed by atoms with Crippen molar-refractivity contribution in [2.45, 2.75) is 38.3 Å². The molecule has 11 heteroatoms. The van der Waals surface area contributed by atoms with E-state index in [-0.39, 0.29) is 51.7 Å². The van der Waals surface area contributed by atoms with Gasteiger partial charge in [-0.1, -0.05) is 23.2 Å². The van der Waals surface area contributed by atoms with E-state index in [4.69, 9.17) is 27.9 Å². The van der Waals surface area contributed by atoms with Gasteiger partial charge in [0.05, 0.1) is 39.7 Å². The Hall–Kier alpha value is -2.91. The lowest BCUT2D eigenvalue weighted by Crippen LogP contribution is -2.42. The lowest BCUT2D eigenvalue weighted by Gasteiger charge is -2.34. The molecule has 35 heavy (non-hydrogen) atoms. The van der Waals surface area contributed by atoms with Crippen molar-refractivity contribution in [2.75, 3.05) is 18.4 Å². The molecule has 1 aromatic heterocycles. The number of aryl methyl sites for hydroxylation is 1. The number of ether oxygens (including phenoxy) is 1. The van der Waals surface area contributed by atoms with Gasteiger partial charge in [0.15, 0.2) is 5.82 Å². The van der Waals surface area contributed by atoms with Crippen molar-refractivity contribution in [3.05, 3.63) is 68.2 Å². The molecule has 3 aromatic rings. The fraction of sp³-hybridized carbons (Fsp3) is 0.375. The van der Waals surface area contributed by atoms with E-state index in [0.29, 0.717) is 0 Å². The monoisotopic (exact) mass is 524 g/mol. The third-order valence-corrected chi connectivity index (χ3v) is 6.65. The van der Waals surface area contributed by atoms with E-state index in [1.165, 1.54) is 42.5 Å². The number of rotatable bonds is 3. The zero-order valence-corrected chi connectivity index (χ0v) is 21.1. The van der Waals surface area contributed by atoms with Crippen LogP contribution in [-0.2, 0) is 17.3 Å². The minimum Gasteiger partial charge on any atom is -0.444 e. The van der Waals surface area contributed by atoms with Crippen LogP contribution in [0.15, 0.2) is 35.4 Å². The fourth-order valence-corrected chi connectivity index (χ4v) is 4.73. The first-order valence-electron chi connectivity index (χ1n) is 10.9. The highest BCUT2D eigenvalue weighted by Gasteiger charge is 2.46. The van der Waals surface area contributed by atoms with Gasteiger partial charge in [0.2, 0.25) is 0 Å². The zero-order chi connectivity index (χ0) is 25.7. The van der Waals surface area contributed by atoms with Gasteiger partial charge in [-0.15, -0.1) is 0 Å². The predicted molar refractivity (Wildman–Crippen MR) is 131 cm³/mol. The van der Waals surface area contributed by atoms with E-state index in [0.717, 1.165) is 4.57 Å². The molecular weight excluding hydrogens is 501 g/mol. The third-order valence-electron chi connectivity index (χ3n) is 5.84. The molecule has 0 unspecified atom stereocenters. The second-order valence-electron chi connectivity index (χ2n) is 9.56. The maximum atomic E-state index is 15.6. The average molecular weight is 525 g/mol. The van der Waals surface area contributed by atoms with Crippen molar-refractivity contribution in [1.29, 1.82) is 0 Å². The Morgan fingerprint density at radius 2 is 1.91 bits per heavy atom. The number of nitrogens with one attached hydrogen (secondary N) is 1. The number of nitrogens with zero attached hydrogens (tertiary/aromatic N) is 3. The smallest absolute Gasteiger partial charge is 0.410 e. The number of carbonyl (C=O) groups is 1. The first-order valence-corrected chi connectivity index (χ1v) is 11.6. The van der Waals surface area contributed by atoms with E-state index in [9.17, 15) is 9.59 Å². The molecule has 1 aliphatic rings. The Balaban J connectivity index is 1.84. The number of hydrogen-bond donors (Lipinski definition) is 1. The number of hydrogen-bond acceptors (Lipinski definition) is 5. The summed E-state index contributed by atoms with van der Waals surface area (Å²) in [5, 5.41) is 2.89. The summed E-state index contributed by atoms with van der Waals surface area (Å²) in [4.78, 5) is 30.9. The van der Waals surface area contributed by atoms with Crippen LogP contribution in [0.4, 0.5) is 19.3 Å².